The fourth-order valence-corrected chi connectivity index (χ4v) is 2.01. The van der Waals surface area contributed by atoms with Gasteiger partial charge in [-0.15, -0.1) is 0 Å². The predicted molar refractivity (Wildman–Crippen MR) is 64.0 cm³/mol. The van der Waals surface area contributed by atoms with Crippen LogP contribution in [-0.4, -0.2) is 46.9 Å². The molecule has 1 aliphatic rings. The highest BCUT2D eigenvalue weighted by Crippen LogP contribution is 2.24. The Bertz CT molecular complexity index is 320. The summed E-state index contributed by atoms with van der Waals surface area (Å²) in [5, 5.41) is 21.4. The maximum atomic E-state index is 11.6. The molecule has 1 aliphatic heterocycles. The van der Waals surface area contributed by atoms with Crippen molar-refractivity contribution in [3.8, 4) is 0 Å². The first-order valence-corrected chi connectivity index (χ1v) is 6.16. The van der Waals surface area contributed by atoms with Crippen molar-refractivity contribution in [2.24, 2.45) is 5.92 Å². The van der Waals surface area contributed by atoms with Crippen LogP contribution >= 0.6 is 0 Å². The number of carbonyl (C=O) groups is 2. The number of rotatable bonds is 6. The summed E-state index contributed by atoms with van der Waals surface area (Å²) in [4.78, 5) is 22.0. The first-order valence-electron chi connectivity index (χ1n) is 6.16. The summed E-state index contributed by atoms with van der Waals surface area (Å²) in [5.74, 6) is -1.36. The van der Waals surface area contributed by atoms with Gasteiger partial charge in [0.15, 0.2) is 0 Å². The standard InChI is InChI=1S/C12H21NO5/c1-8(6-11(15)16)5-10(14)13-7-12(17)3-4-18-9(12)2/h8-9,17H,3-7H2,1-2H3,(H,13,14)(H,15,16). The van der Waals surface area contributed by atoms with E-state index < -0.39 is 11.6 Å². The lowest BCUT2D eigenvalue weighted by Crippen LogP contribution is -2.47. The number of carboxylic acids is 1. The van der Waals surface area contributed by atoms with Gasteiger partial charge in [-0.2, -0.15) is 0 Å². The van der Waals surface area contributed by atoms with Gasteiger partial charge >= 0.3 is 5.97 Å². The third-order valence-electron chi connectivity index (χ3n) is 3.31. The summed E-state index contributed by atoms with van der Waals surface area (Å²) in [6.07, 6.45) is 0.322. The van der Waals surface area contributed by atoms with Gasteiger partial charge in [-0.05, 0) is 12.8 Å². The lowest BCUT2D eigenvalue weighted by Gasteiger charge is -2.26. The minimum absolute atomic E-state index is 0.0306. The van der Waals surface area contributed by atoms with Crippen molar-refractivity contribution in [3.63, 3.8) is 0 Å². The van der Waals surface area contributed by atoms with Gasteiger partial charge < -0.3 is 20.3 Å². The summed E-state index contributed by atoms with van der Waals surface area (Å²) in [6.45, 7) is 4.12. The molecule has 1 heterocycles. The molecule has 1 saturated heterocycles. The van der Waals surface area contributed by atoms with E-state index in [1.54, 1.807) is 13.8 Å². The highest BCUT2D eigenvalue weighted by atomic mass is 16.5. The zero-order valence-electron chi connectivity index (χ0n) is 10.8. The van der Waals surface area contributed by atoms with Crippen molar-refractivity contribution in [1.82, 2.24) is 5.32 Å². The Morgan fingerprint density at radius 2 is 2.17 bits per heavy atom. The van der Waals surface area contributed by atoms with Crippen LogP contribution in [0, 0.1) is 5.92 Å². The number of nitrogens with one attached hydrogen (secondary N) is 1. The molecule has 0 spiro atoms. The average Bonchev–Trinajstić information content (AvgIpc) is 2.56. The SMILES string of the molecule is CC(CC(=O)O)CC(=O)NCC1(O)CCOC1C. The zero-order chi connectivity index (χ0) is 13.8. The smallest absolute Gasteiger partial charge is 0.303 e. The minimum Gasteiger partial charge on any atom is -0.481 e. The summed E-state index contributed by atoms with van der Waals surface area (Å²) in [5.41, 5.74) is -1.01. The second-order valence-electron chi connectivity index (χ2n) is 5.05. The molecule has 1 amide bonds. The van der Waals surface area contributed by atoms with Gasteiger partial charge in [-0.3, -0.25) is 9.59 Å². The Balaban J connectivity index is 2.30. The number of hydrogen-bond donors (Lipinski definition) is 3. The van der Waals surface area contributed by atoms with Gasteiger partial charge in [-0.25, -0.2) is 0 Å². The summed E-state index contributed by atoms with van der Waals surface area (Å²) < 4.78 is 5.26. The Hall–Kier alpha value is -1.14. The van der Waals surface area contributed by atoms with Gasteiger partial charge in [0.05, 0.1) is 6.10 Å². The quantitative estimate of drug-likeness (QED) is 0.630. The van der Waals surface area contributed by atoms with E-state index in [4.69, 9.17) is 9.84 Å². The van der Waals surface area contributed by atoms with Gasteiger partial charge in [0.25, 0.3) is 0 Å². The van der Waals surface area contributed by atoms with Crippen LogP contribution in [0.15, 0.2) is 0 Å². The predicted octanol–water partition coefficient (Wildman–Crippen LogP) is 0.143. The number of aliphatic carboxylic acids is 1. The Kier molecular flexibility index (Phi) is 5.10. The first kappa shape index (κ1) is 14.9. The fraction of sp³-hybridized carbons (Fsp3) is 0.833. The van der Waals surface area contributed by atoms with Crippen LogP contribution in [0.2, 0.25) is 0 Å². The van der Waals surface area contributed by atoms with Crippen molar-refractivity contribution in [2.45, 2.75) is 44.8 Å². The first-order chi connectivity index (χ1) is 8.33. The lowest BCUT2D eigenvalue weighted by atomic mass is 9.96. The maximum Gasteiger partial charge on any atom is 0.303 e. The van der Waals surface area contributed by atoms with Crippen molar-refractivity contribution >= 4 is 11.9 Å². The highest BCUT2D eigenvalue weighted by molar-refractivity contribution is 5.77. The Morgan fingerprint density at radius 3 is 2.67 bits per heavy atom. The molecule has 0 radical (unpaired) electrons. The van der Waals surface area contributed by atoms with Crippen LogP contribution in [-0.2, 0) is 14.3 Å². The van der Waals surface area contributed by atoms with E-state index in [1.807, 2.05) is 0 Å². The maximum absolute atomic E-state index is 11.6. The van der Waals surface area contributed by atoms with E-state index >= 15 is 0 Å². The topological polar surface area (TPSA) is 95.9 Å². The molecule has 1 rings (SSSR count). The van der Waals surface area contributed by atoms with E-state index in [0.717, 1.165) is 0 Å². The van der Waals surface area contributed by atoms with Crippen molar-refractivity contribution < 1.29 is 24.5 Å². The molecule has 3 N–H and O–H groups in total. The Labute approximate surface area is 106 Å². The monoisotopic (exact) mass is 259 g/mol. The van der Waals surface area contributed by atoms with Crippen LogP contribution in [0.1, 0.15) is 33.1 Å². The molecule has 1 fully saturated rings. The van der Waals surface area contributed by atoms with Crippen LogP contribution in [0.5, 0.6) is 0 Å². The number of ether oxygens (including phenoxy) is 1. The molecular weight excluding hydrogens is 238 g/mol. The molecule has 0 aromatic rings. The van der Waals surface area contributed by atoms with Gasteiger partial charge in [0.2, 0.25) is 5.91 Å². The number of aliphatic hydroxyl groups is 1. The van der Waals surface area contributed by atoms with Crippen LogP contribution < -0.4 is 5.32 Å². The summed E-state index contributed by atoms with van der Waals surface area (Å²) in [7, 11) is 0. The van der Waals surface area contributed by atoms with Crippen molar-refractivity contribution in [1.29, 1.82) is 0 Å². The lowest BCUT2D eigenvalue weighted by molar-refractivity contribution is -0.138. The fourth-order valence-electron chi connectivity index (χ4n) is 2.01. The summed E-state index contributed by atoms with van der Waals surface area (Å²) in [6, 6.07) is 0. The molecule has 0 aromatic carbocycles. The molecule has 18 heavy (non-hydrogen) atoms. The third-order valence-corrected chi connectivity index (χ3v) is 3.31. The van der Waals surface area contributed by atoms with Gasteiger partial charge in [-0.1, -0.05) is 6.92 Å². The highest BCUT2D eigenvalue weighted by Gasteiger charge is 2.39. The molecular formula is C12H21NO5. The molecule has 0 saturated carbocycles. The number of carbonyl (C=O) groups excluding carboxylic acids is 1. The van der Waals surface area contributed by atoms with E-state index in [1.165, 1.54) is 0 Å². The summed E-state index contributed by atoms with van der Waals surface area (Å²) >= 11 is 0. The molecule has 3 unspecified atom stereocenters. The minimum atomic E-state index is -1.01. The van der Waals surface area contributed by atoms with E-state index in [-0.39, 0.29) is 37.3 Å². The molecule has 104 valence electrons. The number of carboxylic acid groups (broad SMARTS) is 1. The molecule has 0 bridgehead atoms. The normalized spacial score (nSPS) is 28.9. The van der Waals surface area contributed by atoms with E-state index in [9.17, 15) is 14.7 Å². The Morgan fingerprint density at radius 1 is 1.50 bits per heavy atom. The van der Waals surface area contributed by atoms with E-state index in [2.05, 4.69) is 5.32 Å². The van der Waals surface area contributed by atoms with Crippen molar-refractivity contribution in [3.05, 3.63) is 0 Å². The number of hydrogen-bond acceptors (Lipinski definition) is 4. The van der Waals surface area contributed by atoms with Gasteiger partial charge in [0, 0.05) is 32.4 Å². The van der Waals surface area contributed by atoms with Crippen LogP contribution in [0.3, 0.4) is 0 Å². The molecule has 0 aromatic heterocycles. The largest absolute Gasteiger partial charge is 0.481 e. The van der Waals surface area contributed by atoms with E-state index in [0.29, 0.717) is 13.0 Å². The second kappa shape index (κ2) is 6.15. The molecule has 0 aliphatic carbocycles. The van der Waals surface area contributed by atoms with Crippen molar-refractivity contribution in [2.75, 3.05) is 13.2 Å². The molecule has 3 atom stereocenters. The second-order valence-corrected chi connectivity index (χ2v) is 5.05. The number of amides is 1. The third kappa shape index (κ3) is 4.27. The van der Waals surface area contributed by atoms with Crippen LogP contribution in [0.4, 0.5) is 0 Å². The van der Waals surface area contributed by atoms with Gasteiger partial charge in [0.1, 0.15) is 5.60 Å². The molecule has 6 heteroatoms. The zero-order valence-corrected chi connectivity index (χ0v) is 10.8. The average molecular weight is 259 g/mol. The van der Waals surface area contributed by atoms with Crippen LogP contribution in [0.25, 0.3) is 0 Å². The molecule has 6 nitrogen and oxygen atoms in total.